The fourth-order valence-electron chi connectivity index (χ4n) is 4.47. The number of quaternary nitrogens is 1. The molecule has 0 radical (unpaired) electrons. The lowest BCUT2D eigenvalue weighted by atomic mass is 9.98. The van der Waals surface area contributed by atoms with Gasteiger partial charge in [0.1, 0.15) is 6.54 Å². The van der Waals surface area contributed by atoms with Gasteiger partial charge in [0, 0.05) is 45.1 Å². The Kier molecular flexibility index (Phi) is 6.36. The van der Waals surface area contributed by atoms with Crippen molar-refractivity contribution in [1.29, 1.82) is 0 Å². The van der Waals surface area contributed by atoms with Crippen molar-refractivity contribution in [3.8, 4) is 0 Å². The summed E-state index contributed by atoms with van der Waals surface area (Å²) in [6, 6.07) is 12.1. The molecular formula is C23H29N4O4+. The third-order valence-electron chi connectivity index (χ3n) is 6.30. The van der Waals surface area contributed by atoms with E-state index in [0.29, 0.717) is 32.7 Å². The van der Waals surface area contributed by atoms with Gasteiger partial charge in [-0.3, -0.25) is 14.4 Å². The van der Waals surface area contributed by atoms with Crippen LogP contribution in [0, 0.1) is 0 Å². The number of nitrogens with zero attached hydrogens (tertiary/aromatic N) is 2. The summed E-state index contributed by atoms with van der Waals surface area (Å²) >= 11 is 0. The Balaban J connectivity index is 1.38. The summed E-state index contributed by atoms with van der Waals surface area (Å²) in [5.41, 5.74) is 2.68. The molecule has 2 aliphatic rings. The molecule has 0 spiro atoms. The van der Waals surface area contributed by atoms with Crippen molar-refractivity contribution in [2.45, 2.75) is 25.9 Å². The zero-order valence-electron chi connectivity index (χ0n) is 17.8. The van der Waals surface area contributed by atoms with Gasteiger partial charge in [-0.05, 0) is 17.7 Å². The topological polar surface area (TPSA) is 87.3 Å². The molecule has 1 saturated heterocycles. The highest BCUT2D eigenvalue weighted by atomic mass is 16.3. The molecule has 2 aromatic rings. The summed E-state index contributed by atoms with van der Waals surface area (Å²) in [7, 11) is 0. The van der Waals surface area contributed by atoms with Crippen molar-refractivity contribution in [2.24, 2.45) is 0 Å². The number of rotatable bonds is 4. The maximum absolute atomic E-state index is 12.6. The zero-order chi connectivity index (χ0) is 21.8. The molecule has 2 atom stereocenters. The predicted octanol–water partition coefficient (Wildman–Crippen LogP) is -0.231. The molecule has 2 N–H and O–H groups in total. The number of hydrogen-bond acceptors (Lipinski definition) is 4. The van der Waals surface area contributed by atoms with Crippen molar-refractivity contribution in [2.75, 3.05) is 39.3 Å². The van der Waals surface area contributed by atoms with Crippen LogP contribution in [0.4, 0.5) is 0 Å². The van der Waals surface area contributed by atoms with Crippen LogP contribution in [0.1, 0.15) is 29.9 Å². The average Bonchev–Trinajstić information content (AvgIpc) is 3.33. The number of benzene rings is 1. The van der Waals surface area contributed by atoms with Gasteiger partial charge in [-0.15, -0.1) is 0 Å². The molecule has 4 rings (SSSR count). The maximum Gasteiger partial charge on any atom is 0.312 e. The van der Waals surface area contributed by atoms with Crippen molar-refractivity contribution in [3.63, 3.8) is 0 Å². The van der Waals surface area contributed by atoms with Gasteiger partial charge in [-0.2, -0.15) is 0 Å². The molecule has 0 aliphatic carbocycles. The van der Waals surface area contributed by atoms with Gasteiger partial charge in [-0.25, -0.2) is 0 Å². The molecule has 8 nitrogen and oxygen atoms in total. The van der Waals surface area contributed by atoms with E-state index in [1.807, 2.05) is 12.1 Å². The molecule has 3 amide bonds. The zero-order valence-corrected chi connectivity index (χ0v) is 17.8. The molecule has 31 heavy (non-hydrogen) atoms. The molecule has 0 saturated carbocycles. The van der Waals surface area contributed by atoms with Crippen molar-refractivity contribution >= 4 is 17.7 Å². The lowest BCUT2D eigenvalue weighted by Crippen LogP contribution is -3.12. The van der Waals surface area contributed by atoms with E-state index < -0.39 is 11.8 Å². The first-order chi connectivity index (χ1) is 15.0. The summed E-state index contributed by atoms with van der Waals surface area (Å²) in [5.74, 6) is -0.355. The number of hydrogen-bond donors (Lipinski definition) is 2. The lowest BCUT2D eigenvalue weighted by Gasteiger charge is -2.34. The van der Waals surface area contributed by atoms with Crippen LogP contribution < -0.4 is 10.2 Å². The van der Waals surface area contributed by atoms with E-state index in [2.05, 4.69) is 29.6 Å². The fraction of sp³-hybridized carbons (Fsp3) is 0.435. The number of furan rings is 1. The van der Waals surface area contributed by atoms with Gasteiger partial charge < -0.3 is 24.4 Å². The number of amides is 3. The summed E-state index contributed by atoms with van der Waals surface area (Å²) in [5, 5.41) is 2.83. The number of carbonyl (C=O) groups is 3. The maximum atomic E-state index is 12.6. The molecule has 1 aromatic carbocycles. The molecule has 164 valence electrons. The van der Waals surface area contributed by atoms with Gasteiger partial charge in [0.25, 0.3) is 0 Å². The second-order valence-electron chi connectivity index (χ2n) is 8.18. The highest BCUT2D eigenvalue weighted by Gasteiger charge is 2.32. The number of fused-ring (bicyclic) bond motifs is 1. The first-order valence-electron chi connectivity index (χ1n) is 10.8. The Bertz CT molecular complexity index is 935. The lowest BCUT2D eigenvalue weighted by molar-refractivity contribution is -0.946. The third kappa shape index (κ3) is 4.80. The fourth-order valence-corrected chi connectivity index (χ4v) is 4.47. The molecule has 3 heterocycles. The number of carbonyl (C=O) groups excluding carboxylic acids is 3. The minimum Gasteiger partial charge on any atom is -0.463 e. The minimum atomic E-state index is -0.607. The highest BCUT2D eigenvalue weighted by molar-refractivity contribution is 6.35. The third-order valence-corrected chi connectivity index (χ3v) is 6.30. The van der Waals surface area contributed by atoms with Gasteiger partial charge >= 0.3 is 11.8 Å². The summed E-state index contributed by atoms with van der Waals surface area (Å²) in [4.78, 5) is 41.1. The van der Waals surface area contributed by atoms with Gasteiger partial charge in [0.15, 0.2) is 11.8 Å². The van der Waals surface area contributed by atoms with Crippen LogP contribution in [0.15, 0.2) is 47.1 Å². The van der Waals surface area contributed by atoms with Crippen molar-refractivity contribution in [3.05, 3.63) is 59.5 Å². The molecule has 8 heteroatoms. The van der Waals surface area contributed by atoms with E-state index in [9.17, 15) is 14.4 Å². The van der Waals surface area contributed by atoms with Gasteiger partial charge in [0.2, 0.25) is 5.91 Å². The average molecular weight is 426 g/mol. The van der Waals surface area contributed by atoms with Crippen LogP contribution in [0.25, 0.3) is 0 Å². The number of piperazine rings is 1. The van der Waals surface area contributed by atoms with Crippen LogP contribution in [0.3, 0.4) is 0 Å². The van der Waals surface area contributed by atoms with E-state index in [0.717, 1.165) is 25.3 Å². The van der Waals surface area contributed by atoms with Crippen LogP contribution in [0.2, 0.25) is 0 Å². The largest absolute Gasteiger partial charge is 0.463 e. The number of nitrogens with one attached hydrogen (secondary N) is 2. The standard InChI is InChI=1S/C23H28N4O4/c1-17(28)25-10-12-26(13-11-25)23(30)22(29)24-15-20(21-7-4-14-31-21)27-9-8-18-5-2-3-6-19(18)16-27/h2-7,14,20H,8-13,15-16H2,1H3,(H,24,29)/p+1/t20-/m0/s1. The van der Waals surface area contributed by atoms with Gasteiger partial charge in [0.05, 0.1) is 19.4 Å². The summed E-state index contributed by atoms with van der Waals surface area (Å²) in [6.45, 7) is 5.28. The van der Waals surface area contributed by atoms with Crippen molar-refractivity contribution in [1.82, 2.24) is 15.1 Å². The molecular weight excluding hydrogens is 396 g/mol. The quantitative estimate of drug-likeness (QED) is 0.663. The second kappa shape index (κ2) is 9.34. The van der Waals surface area contributed by atoms with E-state index in [1.54, 1.807) is 11.2 Å². The van der Waals surface area contributed by atoms with E-state index in [1.165, 1.54) is 27.9 Å². The SMILES string of the molecule is CC(=O)N1CCN(C(=O)C(=O)NC[C@@H](c2ccco2)[NH+]2CCc3ccccc3C2)CC1. The highest BCUT2D eigenvalue weighted by Crippen LogP contribution is 2.15. The first-order valence-corrected chi connectivity index (χ1v) is 10.8. The minimum absolute atomic E-state index is 0.0103. The van der Waals surface area contributed by atoms with E-state index in [-0.39, 0.29) is 11.9 Å². The smallest absolute Gasteiger partial charge is 0.312 e. The molecule has 0 bridgehead atoms. The first kappa shape index (κ1) is 21.1. The Labute approximate surface area is 181 Å². The van der Waals surface area contributed by atoms with Crippen molar-refractivity contribution < 1.29 is 23.7 Å². The van der Waals surface area contributed by atoms with E-state index >= 15 is 0 Å². The van der Waals surface area contributed by atoms with Crippen LogP contribution in [-0.2, 0) is 27.3 Å². The Morgan fingerprint density at radius 3 is 2.42 bits per heavy atom. The van der Waals surface area contributed by atoms with E-state index in [4.69, 9.17) is 4.42 Å². The summed E-state index contributed by atoms with van der Waals surface area (Å²) < 4.78 is 5.68. The van der Waals surface area contributed by atoms with Crippen LogP contribution >= 0.6 is 0 Å². The molecule has 2 aliphatic heterocycles. The molecule has 1 unspecified atom stereocenters. The second-order valence-corrected chi connectivity index (χ2v) is 8.18. The normalized spacial score (nSPS) is 19.5. The molecule has 1 fully saturated rings. The Hall–Kier alpha value is -3.13. The monoisotopic (exact) mass is 425 g/mol. The van der Waals surface area contributed by atoms with Crippen LogP contribution in [-0.4, -0.2) is 66.8 Å². The summed E-state index contributed by atoms with van der Waals surface area (Å²) in [6.07, 6.45) is 2.61. The van der Waals surface area contributed by atoms with Crippen LogP contribution in [0.5, 0.6) is 0 Å². The Morgan fingerprint density at radius 2 is 1.74 bits per heavy atom. The predicted molar refractivity (Wildman–Crippen MR) is 113 cm³/mol. The molecule has 1 aromatic heterocycles. The Morgan fingerprint density at radius 1 is 1.03 bits per heavy atom. The van der Waals surface area contributed by atoms with Gasteiger partial charge in [-0.1, -0.05) is 24.3 Å².